The van der Waals surface area contributed by atoms with Gasteiger partial charge in [0.1, 0.15) is 6.61 Å². The fourth-order valence-corrected chi connectivity index (χ4v) is 1.72. The molecule has 1 amide bonds. The van der Waals surface area contributed by atoms with Gasteiger partial charge in [0.05, 0.1) is 22.1 Å². The minimum Gasteiger partial charge on any atom is -0.447 e. The third-order valence-corrected chi connectivity index (χ3v) is 2.60. The summed E-state index contributed by atoms with van der Waals surface area (Å²) in [7, 11) is 0. The molecule has 9 heteroatoms. The summed E-state index contributed by atoms with van der Waals surface area (Å²) in [6, 6.07) is 1.32. The van der Waals surface area contributed by atoms with Crippen LogP contribution in [0.4, 0.5) is 23.7 Å². The van der Waals surface area contributed by atoms with Crippen LogP contribution in [0.5, 0.6) is 0 Å². The Morgan fingerprint density at radius 3 is 2.58 bits per heavy atom. The number of amides is 1. The minimum absolute atomic E-state index is 0.0242. The van der Waals surface area contributed by atoms with E-state index in [0.717, 1.165) is 12.1 Å². The molecule has 0 aliphatic carbocycles. The number of alkyl carbamates (subject to hydrolysis) is 1. The third kappa shape index (κ3) is 2.59. The lowest BCUT2D eigenvalue weighted by molar-refractivity contribution is -0.386. The van der Waals surface area contributed by atoms with Gasteiger partial charge in [-0.25, -0.2) is 4.79 Å². The Kier molecular flexibility index (Phi) is 3.05. The number of nitro benzene ring substituents is 1. The van der Waals surface area contributed by atoms with Gasteiger partial charge >= 0.3 is 12.3 Å². The summed E-state index contributed by atoms with van der Waals surface area (Å²) < 4.78 is 42.0. The number of alkyl halides is 3. The topological polar surface area (TPSA) is 81.5 Å². The minimum atomic E-state index is -4.67. The number of ether oxygens (including phenoxy) is 1. The number of nitro groups is 1. The standard InChI is InChI=1S/C10H7F3N2O4/c11-10(12,13)5-1-2-6(8(3-5)15(17)18)7-4-19-9(16)14-7/h1-3,7H,4H2,(H,14,16). The molecule has 1 fully saturated rings. The molecule has 0 aromatic heterocycles. The first kappa shape index (κ1) is 13.1. The van der Waals surface area contributed by atoms with Crippen LogP contribution in [0.25, 0.3) is 0 Å². The summed E-state index contributed by atoms with van der Waals surface area (Å²) >= 11 is 0. The van der Waals surface area contributed by atoms with Crippen LogP contribution in [0.2, 0.25) is 0 Å². The lowest BCUT2D eigenvalue weighted by Crippen LogP contribution is -2.19. The molecular weight excluding hydrogens is 269 g/mol. The molecule has 1 aromatic rings. The normalized spacial score (nSPS) is 18.9. The fraction of sp³-hybridized carbons (Fsp3) is 0.300. The van der Waals surface area contributed by atoms with Crippen molar-refractivity contribution in [2.75, 3.05) is 6.61 Å². The average Bonchev–Trinajstić information content (AvgIpc) is 2.73. The molecule has 0 bridgehead atoms. The first-order valence-corrected chi connectivity index (χ1v) is 5.08. The van der Waals surface area contributed by atoms with Crippen LogP contribution in [-0.2, 0) is 10.9 Å². The highest BCUT2D eigenvalue weighted by atomic mass is 19.4. The monoisotopic (exact) mass is 276 g/mol. The molecule has 0 radical (unpaired) electrons. The van der Waals surface area contributed by atoms with E-state index < -0.39 is 34.5 Å². The van der Waals surface area contributed by atoms with Gasteiger partial charge in [-0.2, -0.15) is 13.2 Å². The smallest absolute Gasteiger partial charge is 0.416 e. The van der Waals surface area contributed by atoms with Gasteiger partial charge in [-0.3, -0.25) is 10.1 Å². The highest BCUT2D eigenvalue weighted by Gasteiger charge is 2.35. The van der Waals surface area contributed by atoms with Crippen LogP contribution in [-0.4, -0.2) is 17.6 Å². The first-order valence-electron chi connectivity index (χ1n) is 5.08. The van der Waals surface area contributed by atoms with Crippen LogP contribution < -0.4 is 5.32 Å². The van der Waals surface area contributed by atoms with Crippen molar-refractivity contribution in [3.8, 4) is 0 Å². The van der Waals surface area contributed by atoms with Gasteiger partial charge in [0.25, 0.3) is 5.69 Å². The van der Waals surface area contributed by atoms with Gasteiger partial charge in [0.2, 0.25) is 0 Å². The van der Waals surface area contributed by atoms with E-state index in [-0.39, 0.29) is 12.2 Å². The Hall–Kier alpha value is -2.32. The Bertz CT molecular complexity index is 544. The van der Waals surface area contributed by atoms with E-state index >= 15 is 0 Å². The van der Waals surface area contributed by atoms with Crippen molar-refractivity contribution >= 4 is 11.8 Å². The Morgan fingerprint density at radius 1 is 1.42 bits per heavy atom. The zero-order valence-corrected chi connectivity index (χ0v) is 9.23. The SMILES string of the molecule is O=C1NC(c2ccc(C(F)(F)F)cc2[N+](=O)[O-])CO1. The molecule has 102 valence electrons. The highest BCUT2D eigenvalue weighted by molar-refractivity contribution is 5.70. The van der Waals surface area contributed by atoms with E-state index in [4.69, 9.17) is 0 Å². The number of hydrogen-bond donors (Lipinski definition) is 1. The Balaban J connectivity index is 2.44. The maximum absolute atomic E-state index is 12.5. The highest BCUT2D eigenvalue weighted by Crippen LogP contribution is 2.35. The molecule has 6 nitrogen and oxygen atoms in total. The maximum atomic E-state index is 12.5. The molecule has 0 spiro atoms. The van der Waals surface area contributed by atoms with Crippen molar-refractivity contribution in [2.24, 2.45) is 0 Å². The second-order valence-corrected chi connectivity index (χ2v) is 3.82. The summed E-state index contributed by atoms with van der Waals surface area (Å²) in [6.07, 6.45) is -5.43. The van der Waals surface area contributed by atoms with Crippen LogP contribution in [0.15, 0.2) is 18.2 Å². The lowest BCUT2D eigenvalue weighted by atomic mass is 10.0. The number of benzene rings is 1. The maximum Gasteiger partial charge on any atom is 0.416 e. The van der Waals surface area contributed by atoms with Crippen molar-refractivity contribution in [3.05, 3.63) is 39.4 Å². The molecule has 19 heavy (non-hydrogen) atoms. The quantitative estimate of drug-likeness (QED) is 0.664. The van der Waals surface area contributed by atoms with Gasteiger partial charge in [-0.1, -0.05) is 0 Å². The largest absolute Gasteiger partial charge is 0.447 e. The first-order chi connectivity index (χ1) is 8.79. The van der Waals surface area contributed by atoms with E-state index in [0.29, 0.717) is 6.07 Å². The molecule has 1 heterocycles. The summed E-state index contributed by atoms with van der Waals surface area (Å²) in [4.78, 5) is 20.8. The molecule has 1 unspecified atom stereocenters. The number of halogens is 3. The van der Waals surface area contributed by atoms with E-state index in [9.17, 15) is 28.1 Å². The summed E-state index contributed by atoms with van der Waals surface area (Å²) in [6.45, 7) is -0.162. The summed E-state index contributed by atoms with van der Waals surface area (Å²) in [5.74, 6) is 0. The van der Waals surface area contributed by atoms with Gasteiger partial charge in [-0.05, 0) is 12.1 Å². The zero-order valence-electron chi connectivity index (χ0n) is 9.23. The van der Waals surface area contributed by atoms with Crippen molar-refractivity contribution in [1.29, 1.82) is 0 Å². The Labute approximate surface area is 104 Å². The molecular formula is C10H7F3N2O4. The van der Waals surface area contributed by atoms with Gasteiger partial charge < -0.3 is 10.1 Å². The number of cyclic esters (lactones) is 1. The van der Waals surface area contributed by atoms with Gasteiger partial charge in [-0.15, -0.1) is 0 Å². The average molecular weight is 276 g/mol. The number of nitrogens with one attached hydrogen (secondary N) is 1. The molecule has 1 aliphatic heterocycles. The number of rotatable bonds is 2. The molecule has 0 saturated carbocycles. The second kappa shape index (κ2) is 4.41. The predicted molar refractivity (Wildman–Crippen MR) is 55.3 cm³/mol. The molecule has 1 saturated heterocycles. The van der Waals surface area contributed by atoms with Crippen molar-refractivity contribution in [1.82, 2.24) is 5.32 Å². The van der Waals surface area contributed by atoms with Crippen LogP contribution >= 0.6 is 0 Å². The van der Waals surface area contributed by atoms with Crippen LogP contribution in [0.1, 0.15) is 17.2 Å². The van der Waals surface area contributed by atoms with E-state index in [1.165, 1.54) is 0 Å². The van der Waals surface area contributed by atoms with E-state index in [2.05, 4.69) is 10.1 Å². The van der Waals surface area contributed by atoms with E-state index in [1.807, 2.05) is 0 Å². The van der Waals surface area contributed by atoms with Crippen molar-refractivity contribution in [2.45, 2.75) is 12.2 Å². The lowest BCUT2D eigenvalue weighted by Gasteiger charge is -2.11. The Morgan fingerprint density at radius 2 is 2.11 bits per heavy atom. The molecule has 2 rings (SSSR count). The van der Waals surface area contributed by atoms with Crippen molar-refractivity contribution in [3.63, 3.8) is 0 Å². The van der Waals surface area contributed by atoms with Crippen LogP contribution in [0.3, 0.4) is 0 Å². The molecule has 1 atom stereocenters. The van der Waals surface area contributed by atoms with Gasteiger partial charge in [0.15, 0.2) is 0 Å². The van der Waals surface area contributed by atoms with Crippen molar-refractivity contribution < 1.29 is 27.6 Å². The van der Waals surface area contributed by atoms with E-state index in [1.54, 1.807) is 0 Å². The number of carbonyl (C=O) groups excluding carboxylic acids is 1. The number of carbonyl (C=O) groups is 1. The van der Waals surface area contributed by atoms with Crippen LogP contribution in [0, 0.1) is 10.1 Å². The molecule has 1 aromatic carbocycles. The van der Waals surface area contributed by atoms with Gasteiger partial charge in [0, 0.05) is 6.07 Å². The molecule has 1 aliphatic rings. The predicted octanol–water partition coefficient (Wildman–Crippen LogP) is 2.39. The summed E-state index contributed by atoms with van der Waals surface area (Å²) in [5, 5.41) is 13.1. The third-order valence-electron chi connectivity index (χ3n) is 2.60. The zero-order chi connectivity index (χ0) is 14.2. The summed E-state index contributed by atoms with van der Waals surface area (Å²) in [5.41, 5.74) is -1.84. The number of nitrogens with zero attached hydrogens (tertiary/aromatic N) is 1. The second-order valence-electron chi connectivity index (χ2n) is 3.82. The number of hydrogen-bond acceptors (Lipinski definition) is 4. The fourth-order valence-electron chi connectivity index (χ4n) is 1.72. The molecule has 1 N–H and O–H groups in total.